The number of halogens is 2. The van der Waals surface area contributed by atoms with Gasteiger partial charge in [0.2, 0.25) is 0 Å². The number of hydrogen-bond acceptors (Lipinski definition) is 2. The zero-order valence-corrected chi connectivity index (χ0v) is 11.9. The van der Waals surface area contributed by atoms with Crippen LogP contribution in [0.15, 0.2) is 24.3 Å². The highest BCUT2D eigenvalue weighted by Gasteiger charge is 2.23. The number of hydrogen-bond donors (Lipinski definition) is 1. The molecule has 0 bridgehead atoms. The fraction of sp³-hybridized carbons (Fsp3) is 0.625. The van der Waals surface area contributed by atoms with Gasteiger partial charge in [-0.1, -0.05) is 50.8 Å². The third-order valence-corrected chi connectivity index (χ3v) is 4.00. The maximum absolute atomic E-state index is 12.5. The van der Waals surface area contributed by atoms with Gasteiger partial charge in [-0.15, -0.1) is 0 Å². The zero-order chi connectivity index (χ0) is 14.4. The van der Waals surface area contributed by atoms with Crippen molar-refractivity contribution in [1.82, 2.24) is 5.32 Å². The summed E-state index contributed by atoms with van der Waals surface area (Å²) in [7, 11) is 0. The third kappa shape index (κ3) is 4.17. The Hall–Kier alpha value is -1.16. The molecule has 1 saturated carbocycles. The number of para-hydroxylation sites is 1. The van der Waals surface area contributed by atoms with Crippen LogP contribution in [0.4, 0.5) is 8.78 Å². The maximum Gasteiger partial charge on any atom is 0.387 e. The maximum atomic E-state index is 12.5. The highest BCUT2D eigenvalue weighted by Crippen LogP contribution is 2.36. The molecule has 0 spiro atoms. The van der Waals surface area contributed by atoms with Crippen LogP contribution in [-0.2, 0) is 0 Å². The van der Waals surface area contributed by atoms with Gasteiger partial charge in [0, 0.05) is 11.6 Å². The first kappa shape index (κ1) is 15.2. The van der Waals surface area contributed by atoms with E-state index in [0.717, 1.165) is 18.5 Å². The van der Waals surface area contributed by atoms with Crippen molar-refractivity contribution in [1.29, 1.82) is 0 Å². The lowest BCUT2D eigenvalue weighted by Gasteiger charge is -2.24. The van der Waals surface area contributed by atoms with Crippen LogP contribution in [-0.4, -0.2) is 13.2 Å². The number of benzene rings is 1. The smallest absolute Gasteiger partial charge is 0.387 e. The molecule has 2 rings (SSSR count). The van der Waals surface area contributed by atoms with Gasteiger partial charge in [-0.2, -0.15) is 8.78 Å². The minimum Gasteiger partial charge on any atom is -0.434 e. The largest absolute Gasteiger partial charge is 0.434 e. The van der Waals surface area contributed by atoms with E-state index in [1.54, 1.807) is 12.1 Å². The van der Waals surface area contributed by atoms with Crippen LogP contribution in [0.25, 0.3) is 0 Å². The summed E-state index contributed by atoms with van der Waals surface area (Å²) >= 11 is 0. The Kier molecular flexibility index (Phi) is 5.77. The second kappa shape index (κ2) is 7.58. The van der Waals surface area contributed by atoms with Gasteiger partial charge >= 0.3 is 6.61 Å². The summed E-state index contributed by atoms with van der Waals surface area (Å²) < 4.78 is 29.7. The Bertz CT molecular complexity index is 405. The van der Waals surface area contributed by atoms with Gasteiger partial charge in [-0.25, -0.2) is 0 Å². The predicted molar refractivity (Wildman–Crippen MR) is 76.1 cm³/mol. The zero-order valence-electron chi connectivity index (χ0n) is 11.9. The molecule has 0 saturated heterocycles. The van der Waals surface area contributed by atoms with Crippen LogP contribution in [0.2, 0.25) is 0 Å². The van der Waals surface area contributed by atoms with Gasteiger partial charge in [0.15, 0.2) is 0 Å². The van der Waals surface area contributed by atoms with Crippen LogP contribution in [0, 0.1) is 5.92 Å². The minimum atomic E-state index is -2.77. The highest BCUT2D eigenvalue weighted by molar-refractivity contribution is 5.36. The molecule has 1 aliphatic rings. The van der Waals surface area contributed by atoms with Crippen LogP contribution < -0.4 is 10.1 Å². The summed E-state index contributed by atoms with van der Waals surface area (Å²) in [5, 5.41) is 3.41. The Morgan fingerprint density at radius 3 is 2.60 bits per heavy atom. The van der Waals surface area contributed by atoms with E-state index in [2.05, 4.69) is 10.1 Å². The summed E-state index contributed by atoms with van der Waals surface area (Å²) in [6, 6.07) is 7.23. The summed E-state index contributed by atoms with van der Waals surface area (Å²) in [6.07, 6.45) is 6.08. The van der Waals surface area contributed by atoms with E-state index in [1.807, 2.05) is 19.1 Å². The van der Waals surface area contributed by atoms with Crippen molar-refractivity contribution in [3.63, 3.8) is 0 Å². The van der Waals surface area contributed by atoms with E-state index in [0.29, 0.717) is 11.7 Å². The van der Waals surface area contributed by atoms with Gasteiger partial charge in [0.25, 0.3) is 0 Å². The number of rotatable bonds is 7. The number of nitrogens with one attached hydrogen (secondary N) is 1. The molecule has 1 unspecified atom stereocenters. The molecule has 0 aliphatic heterocycles. The van der Waals surface area contributed by atoms with E-state index in [-0.39, 0.29) is 6.04 Å². The normalized spacial score (nSPS) is 17.6. The van der Waals surface area contributed by atoms with Crippen molar-refractivity contribution in [3.8, 4) is 5.75 Å². The standard InChI is InChI=1S/C16H23F2NO/c1-2-19-14(11-12-7-3-4-8-12)13-9-5-6-10-15(13)20-16(17)18/h5-6,9-10,12,14,16,19H,2-4,7-8,11H2,1H3. The van der Waals surface area contributed by atoms with Crippen LogP contribution in [0.1, 0.15) is 50.6 Å². The van der Waals surface area contributed by atoms with Crippen molar-refractivity contribution in [2.45, 2.75) is 51.7 Å². The van der Waals surface area contributed by atoms with Crippen molar-refractivity contribution in [3.05, 3.63) is 29.8 Å². The molecule has 0 radical (unpaired) electrons. The molecule has 1 atom stereocenters. The van der Waals surface area contributed by atoms with Gasteiger partial charge in [0.05, 0.1) is 0 Å². The average molecular weight is 283 g/mol. The summed E-state index contributed by atoms with van der Waals surface area (Å²) in [6.45, 7) is 0.0865. The third-order valence-electron chi connectivity index (χ3n) is 4.00. The number of alkyl halides is 2. The first-order chi connectivity index (χ1) is 9.70. The second-order valence-electron chi connectivity index (χ2n) is 5.41. The van der Waals surface area contributed by atoms with Crippen molar-refractivity contribution >= 4 is 0 Å². The first-order valence-electron chi connectivity index (χ1n) is 7.47. The monoisotopic (exact) mass is 283 g/mol. The topological polar surface area (TPSA) is 21.3 Å². The van der Waals surface area contributed by atoms with E-state index in [9.17, 15) is 8.78 Å². The molecule has 112 valence electrons. The molecule has 1 aliphatic carbocycles. The quantitative estimate of drug-likeness (QED) is 0.794. The molecular formula is C16H23F2NO. The van der Waals surface area contributed by atoms with Crippen LogP contribution in [0.5, 0.6) is 5.75 Å². The molecule has 1 aromatic carbocycles. The van der Waals surface area contributed by atoms with Gasteiger partial charge in [0.1, 0.15) is 5.75 Å². The highest BCUT2D eigenvalue weighted by atomic mass is 19.3. The predicted octanol–water partition coefficient (Wildman–Crippen LogP) is 4.52. The van der Waals surface area contributed by atoms with Crippen molar-refractivity contribution in [2.75, 3.05) is 6.54 Å². The SMILES string of the molecule is CCNC(CC1CCCC1)c1ccccc1OC(F)F. The van der Waals surface area contributed by atoms with Crippen molar-refractivity contribution in [2.24, 2.45) is 5.92 Å². The molecule has 0 amide bonds. The van der Waals surface area contributed by atoms with Gasteiger partial charge < -0.3 is 10.1 Å². The van der Waals surface area contributed by atoms with E-state index in [4.69, 9.17) is 0 Å². The van der Waals surface area contributed by atoms with E-state index in [1.165, 1.54) is 25.7 Å². The average Bonchev–Trinajstić information content (AvgIpc) is 2.91. The van der Waals surface area contributed by atoms with Crippen LogP contribution in [0.3, 0.4) is 0 Å². The molecular weight excluding hydrogens is 260 g/mol. The lowest BCUT2D eigenvalue weighted by molar-refractivity contribution is -0.0507. The van der Waals surface area contributed by atoms with Crippen molar-refractivity contribution < 1.29 is 13.5 Å². The molecule has 0 aromatic heterocycles. The molecule has 1 N–H and O–H groups in total. The first-order valence-corrected chi connectivity index (χ1v) is 7.47. The second-order valence-corrected chi connectivity index (χ2v) is 5.41. The fourth-order valence-electron chi connectivity index (χ4n) is 3.12. The molecule has 20 heavy (non-hydrogen) atoms. The van der Waals surface area contributed by atoms with E-state index >= 15 is 0 Å². The minimum absolute atomic E-state index is 0.0954. The lowest BCUT2D eigenvalue weighted by atomic mass is 9.93. The summed E-state index contributed by atoms with van der Waals surface area (Å²) in [5.74, 6) is 0.991. The Morgan fingerprint density at radius 1 is 1.25 bits per heavy atom. The molecule has 1 fully saturated rings. The Labute approximate surface area is 119 Å². The molecule has 2 nitrogen and oxygen atoms in total. The van der Waals surface area contributed by atoms with Gasteiger partial charge in [-0.3, -0.25) is 0 Å². The summed E-state index contributed by atoms with van der Waals surface area (Å²) in [4.78, 5) is 0. The summed E-state index contributed by atoms with van der Waals surface area (Å²) in [5.41, 5.74) is 0.849. The fourth-order valence-corrected chi connectivity index (χ4v) is 3.12. The number of ether oxygens (including phenoxy) is 1. The molecule has 0 heterocycles. The Morgan fingerprint density at radius 2 is 1.95 bits per heavy atom. The molecule has 1 aromatic rings. The van der Waals surface area contributed by atoms with E-state index < -0.39 is 6.61 Å². The van der Waals surface area contributed by atoms with Crippen LogP contribution >= 0.6 is 0 Å². The lowest BCUT2D eigenvalue weighted by Crippen LogP contribution is -2.24. The Balaban J connectivity index is 2.14. The van der Waals surface area contributed by atoms with Gasteiger partial charge in [-0.05, 0) is 24.9 Å². The molecule has 4 heteroatoms.